The number of halogens is 12. The second kappa shape index (κ2) is 6.07. The van der Waals surface area contributed by atoms with Crippen molar-refractivity contribution in [2.45, 2.75) is 83.2 Å². The molecule has 1 rings (SSSR count). The summed E-state index contributed by atoms with van der Waals surface area (Å²) in [4.78, 5) is 0. The SMILES string of the molecule is CC(C)(C)C(F)(F)C(F)(F)C(C)(C)C1(F)OC(C(F)(F)F)(C(F)(F)F)OC1(C)F. The van der Waals surface area contributed by atoms with Gasteiger partial charge >= 0.3 is 30.0 Å². The number of hydrogen-bond donors (Lipinski definition) is 0. The van der Waals surface area contributed by atoms with Gasteiger partial charge in [0, 0.05) is 12.3 Å². The van der Waals surface area contributed by atoms with Crippen LogP contribution in [0, 0.1) is 10.8 Å². The van der Waals surface area contributed by atoms with Crippen molar-refractivity contribution in [1.29, 1.82) is 0 Å². The largest absolute Gasteiger partial charge is 0.453 e. The van der Waals surface area contributed by atoms with E-state index in [0.29, 0.717) is 20.8 Å². The molecule has 29 heavy (non-hydrogen) atoms. The fraction of sp³-hybridized carbons (Fsp3) is 1.00. The zero-order chi connectivity index (χ0) is 23.9. The van der Waals surface area contributed by atoms with Crippen LogP contribution in [0.1, 0.15) is 41.5 Å². The van der Waals surface area contributed by atoms with Crippen molar-refractivity contribution in [3.05, 3.63) is 0 Å². The van der Waals surface area contributed by atoms with E-state index in [1.165, 1.54) is 0 Å². The molecule has 2 atom stereocenters. The molecule has 0 aromatic heterocycles. The molecule has 0 N–H and O–H groups in total. The van der Waals surface area contributed by atoms with Crippen LogP contribution in [-0.4, -0.2) is 41.7 Å². The third kappa shape index (κ3) is 3.10. The Morgan fingerprint density at radius 2 is 0.931 bits per heavy atom. The minimum Gasteiger partial charge on any atom is -0.293 e. The molecule has 1 heterocycles. The van der Waals surface area contributed by atoms with Crippen LogP contribution < -0.4 is 0 Å². The summed E-state index contributed by atoms with van der Waals surface area (Å²) in [6, 6.07) is 0. The third-order valence-electron chi connectivity index (χ3n) is 4.87. The molecule has 2 unspecified atom stereocenters. The highest BCUT2D eigenvalue weighted by Crippen LogP contribution is 2.68. The van der Waals surface area contributed by atoms with Crippen LogP contribution in [0.3, 0.4) is 0 Å². The van der Waals surface area contributed by atoms with Gasteiger partial charge in [-0.25, -0.2) is 8.78 Å². The molecule has 1 aliphatic rings. The smallest absolute Gasteiger partial charge is 0.293 e. The molecule has 1 saturated heterocycles. The predicted molar refractivity (Wildman–Crippen MR) is 73.5 cm³/mol. The lowest BCUT2D eigenvalue weighted by molar-refractivity contribution is -0.465. The van der Waals surface area contributed by atoms with Gasteiger partial charge in [0.1, 0.15) is 0 Å². The van der Waals surface area contributed by atoms with E-state index < -0.39 is 52.5 Å². The molecule has 0 amide bonds. The third-order valence-corrected chi connectivity index (χ3v) is 4.87. The standard InChI is InChI=1S/C15H18F12O2/c1-7(2,3)10(17,18)11(19,20)8(4,5)12(21)9(6,16)28-13(29-12,14(22,23)24)15(25,26)27/h1-6H3. The maximum Gasteiger partial charge on any atom is 0.453 e. The summed E-state index contributed by atoms with van der Waals surface area (Å²) in [6.07, 6.45) is -13.4. The quantitative estimate of drug-likeness (QED) is 0.447. The Bertz CT molecular complexity index is 627. The molecule has 0 spiro atoms. The molecule has 0 radical (unpaired) electrons. The van der Waals surface area contributed by atoms with E-state index in [1.54, 1.807) is 0 Å². The van der Waals surface area contributed by atoms with Gasteiger partial charge in [-0.3, -0.25) is 9.47 Å². The fourth-order valence-corrected chi connectivity index (χ4v) is 2.79. The van der Waals surface area contributed by atoms with Crippen molar-refractivity contribution in [1.82, 2.24) is 0 Å². The Morgan fingerprint density at radius 1 is 0.586 bits per heavy atom. The molecular weight excluding hydrogens is 440 g/mol. The van der Waals surface area contributed by atoms with Gasteiger partial charge < -0.3 is 0 Å². The Morgan fingerprint density at radius 3 is 1.17 bits per heavy atom. The molecule has 1 fully saturated rings. The van der Waals surface area contributed by atoms with Crippen LogP contribution in [-0.2, 0) is 9.47 Å². The zero-order valence-corrected chi connectivity index (χ0v) is 15.9. The topological polar surface area (TPSA) is 18.5 Å². The summed E-state index contributed by atoms with van der Waals surface area (Å²) in [6.45, 7) is 0.904. The van der Waals surface area contributed by atoms with Gasteiger partial charge in [0.2, 0.25) is 0 Å². The Labute approximate surface area is 157 Å². The molecule has 1 aliphatic heterocycles. The first-order chi connectivity index (χ1) is 12.2. The number of hydrogen-bond acceptors (Lipinski definition) is 2. The highest BCUT2D eigenvalue weighted by Gasteiger charge is 2.90. The molecule has 14 heteroatoms. The van der Waals surface area contributed by atoms with Crippen LogP contribution in [0.4, 0.5) is 52.7 Å². The molecular formula is C15H18F12O2. The maximum absolute atomic E-state index is 15.3. The minimum absolute atomic E-state index is 0.184. The Kier molecular flexibility index (Phi) is 5.47. The van der Waals surface area contributed by atoms with Gasteiger partial charge in [0.05, 0.1) is 5.41 Å². The number of ether oxygens (including phenoxy) is 2. The summed E-state index contributed by atoms with van der Waals surface area (Å²) in [5.74, 6) is -27.1. The van der Waals surface area contributed by atoms with E-state index in [0.717, 1.165) is 0 Å². The molecule has 0 bridgehead atoms. The molecule has 0 aromatic carbocycles. The van der Waals surface area contributed by atoms with Crippen molar-refractivity contribution >= 4 is 0 Å². The Hall–Kier alpha value is -0.920. The van der Waals surface area contributed by atoms with Gasteiger partial charge in [-0.15, -0.1) is 0 Å². The average Bonchev–Trinajstić information content (AvgIpc) is 2.65. The van der Waals surface area contributed by atoms with Crippen molar-refractivity contribution in [3.63, 3.8) is 0 Å². The molecule has 0 saturated carbocycles. The highest BCUT2D eigenvalue weighted by molar-refractivity contribution is 5.14. The van der Waals surface area contributed by atoms with Crippen molar-refractivity contribution < 1.29 is 62.2 Å². The molecule has 2 nitrogen and oxygen atoms in total. The minimum atomic E-state index is -6.70. The van der Waals surface area contributed by atoms with Crippen molar-refractivity contribution in [2.75, 3.05) is 0 Å². The number of rotatable bonds is 3. The van der Waals surface area contributed by atoms with E-state index in [1.807, 2.05) is 0 Å². The molecule has 0 aliphatic carbocycles. The van der Waals surface area contributed by atoms with Crippen LogP contribution in [0.2, 0.25) is 0 Å². The molecule has 174 valence electrons. The molecule has 0 aromatic rings. The first-order valence-electron chi connectivity index (χ1n) is 7.83. The summed E-state index contributed by atoms with van der Waals surface area (Å²) < 4.78 is 173. The van der Waals surface area contributed by atoms with E-state index in [4.69, 9.17) is 0 Å². The van der Waals surface area contributed by atoms with E-state index >= 15 is 4.39 Å². The van der Waals surface area contributed by atoms with Crippen LogP contribution in [0.15, 0.2) is 0 Å². The summed E-state index contributed by atoms with van der Waals surface area (Å²) in [7, 11) is 0. The first-order valence-corrected chi connectivity index (χ1v) is 7.83. The zero-order valence-electron chi connectivity index (χ0n) is 15.9. The second-order valence-corrected chi connectivity index (χ2v) is 8.35. The van der Waals surface area contributed by atoms with E-state index in [2.05, 4.69) is 9.47 Å². The number of alkyl halides is 12. The monoisotopic (exact) mass is 458 g/mol. The lowest BCUT2D eigenvalue weighted by Gasteiger charge is -2.49. The highest BCUT2D eigenvalue weighted by atomic mass is 19.4. The summed E-state index contributed by atoms with van der Waals surface area (Å²) in [5, 5.41) is 0. The fourth-order valence-electron chi connectivity index (χ4n) is 2.79. The van der Waals surface area contributed by atoms with Crippen LogP contribution >= 0.6 is 0 Å². The maximum atomic E-state index is 15.3. The lowest BCUT2D eigenvalue weighted by atomic mass is 9.68. The van der Waals surface area contributed by atoms with Gasteiger partial charge in [-0.05, 0) is 13.8 Å². The van der Waals surface area contributed by atoms with Gasteiger partial charge in [-0.2, -0.15) is 43.9 Å². The van der Waals surface area contributed by atoms with E-state index in [-0.39, 0.29) is 20.8 Å². The van der Waals surface area contributed by atoms with Crippen LogP contribution in [0.25, 0.3) is 0 Å². The normalized spacial score (nSPS) is 30.0. The lowest BCUT2D eigenvalue weighted by Crippen LogP contribution is -2.68. The van der Waals surface area contributed by atoms with E-state index in [9.17, 15) is 48.3 Å². The Balaban J connectivity index is 3.79. The second-order valence-electron chi connectivity index (χ2n) is 8.35. The van der Waals surface area contributed by atoms with Crippen molar-refractivity contribution in [3.8, 4) is 0 Å². The van der Waals surface area contributed by atoms with Crippen LogP contribution in [0.5, 0.6) is 0 Å². The predicted octanol–water partition coefficient (Wildman–Crippen LogP) is 6.55. The summed E-state index contributed by atoms with van der Waals surface area (Å²) in [5.41, 5.74) is -6.96. The van der Waals surface area contributed by atoms with Gasteiger partial charge in [-0.1, -0.05) is 20.8 Å². The van der Waals surface area contributed by atoms with Crippen molar-refractivity contribution in [2.24, 2.45) is 10.8 Å². The first kappa shape index (κ1) is 26.1. The average molecular weight is 458 g/mol. The summed E-state index contributed by atoms with van der Waals surface area (Å²) >= 11 is 0. The van der Waals surface area contributed by atoms with Gasteiger partial charge in [0.25, 0.3) is 11.7 Å². The van der Waals surface area contributed by atoms with Gasteiger partial charge in [0.15, 0.2) is 0 Å².